The van der Waals surface area contributed by atoms with E-state index in [1.54, 1.807) is 4.57 Å². The van der Waals surface area contributed by atoms with Gasteiger partial charge in [-0.1, -0.05) is 36.0 Å². The predicted molar refractivity (Wildman–Crippen MR) is 134 cm³/mol. The molecule has 0 bridgehead atoms. The Balaban J connectivity index is 1.41. The van der Waals surface area contributed by atoms with Crippen LogP contribution in [0.3, 0.4) is 0 Å². The van der Waals surface area contributed by atoms with Crippen molar-refractivity contribution in [3.8, 4) is 17.2 Å². The minimum absolute atomic E-state index is 0.117. The molecule has 1 aliphatic rings. The number of aromatic nitrogens is 2. The molecule has 34 heavy (non-hydrogen) atoms. The number of carbonyl (C=O) groups excluding carboxylic acids is 1. The predicted octanol–water partition coefficient (Wildman–Crippen LogP) is 4.59. The van der Waals surface area contributed by atoms with E-state index in [4.69, 9.17) is 14.5 Å². The molecule has 1 amide bonds. The van der Waals surface area contributed by atoms with Crippen molar-refractivity contribution < 1.29 is 14.3 Å². The first-order valence-corrected chi connectivity index (χ1v) is 12.5. The number of benzene rings is 2. The minimum atomic E-state index is -0.463. The van der Waals surface area contributed by atoms with Crippen molar-refractivity contribution in [1.29, 1.82) is 0 Å². The zero-order chi connectivity index (χ0) is 23.8. The zero-order valence-electron chi connectivity index (χ0n) is 19.0. The van der Waals surface area contributed by atoms with Crippen molar-refractivity contribution in [3.05, 3.63) is 74.9 Å². The topological polar surface area (TPSA) is 82.4 Å². The number of rotatable bonds is 6. The summed E-state index contributed by atoms with van der Waals surface area (Å²) in [6.45, 7) is 6.33. The van der Waals surface area contributed by atoms with Crippen molar-refractivity contribution in [2.75, 3.05) is 6.79 Å². The third kappa shape index (κ3) is 4.17. The fourth-order valence-electron chi connectivity index (χ4n) is 3.75. The van der Waals surface area contributed by atoms with Crippen LogP contribution in [-0.4, -0.2) is 27.5 Å². The Morgan fingerprint density at radius 2 is 1.94 bits per heavy atom. The van der Waals surface area contributed by atoms with Crippen molar-refractivity contribution >= 4 is 39.2 Å². The van der Waals surface area contributed by atoms with Crippen LogP contribution < -0.4 is 20.3 Å². The highest BCUT2D eigenvalue weighted by atomic mass is 32.2. The molecular formula is C25H23N3O4S2. The van der Waals surface area contributed by atoms with Gasteiger partial charge in [0, 0.05) is 11.4 Å². The monoisotopic (exact) mass is 493 g/mol. The van der Waals surface area contributed by atoms with E-state index >= 15 is 0 Å². The van der Waals surface area contributed by atoms with Gasteiger partial charge in [-0.15, -0.1) is 11.3 Å². The first kappa shape index (κ1) is 22.5. The van der Waals surface area contributed by atoms with Gasteiger partial charge in [-0.05, 0) is 56.2 Å². The molecule has 0 radical (unpaired) electrons. The van der Waals surface area contributed by atoms with Gasteiger partial charge in [0.15, 0.2) is 16.7 Å². The molecule has 0 fully saturated rings. The van der Waals surface area contributed by atoms with Gasteiger partial charge in [0.1, 0.15) is 4.83 Å². The molecular weight excluding hydrogens is 470 g/mol. The van der Waals surface area contributed by atoms with E-state index in [1.807, 2.05) is 69.3 Å². The Hall–Kier alpha value is -3.30. The van der Waals surface area contributed by atoms with Crippen LogP contribution in [0.25, 0.3) is 15.9 Å². The van der Waals surface area contributed by atoms with Crippen molar-refractivity contribution in [2.45, 2.75) is 37.7 Å². The zero-order valence-corrected chi connectivity index (χ0v) is 20.6. The Kier molecular flexibility index (Phi) is 6.05. The maximum absolute atomic E-state index is 13.5. The number of thiophene rings is 1. The summed E-state index contributed by atoms with van der Waals surface area (Å²) in [7, 11) is 0. The number of hydrogen-bond acceptors (Lipinski definition) is 7. The van der Waals surface area contributed by atoms with Gasteiger partial charge in [-0.25, -0.2) is 4.98 Å². The summed E-state index contributed by atoms with van der Waals surface area (Å²) in [5.74, 6) is 1.24. The molecule has 9 heteroatoms. The summed E-state index contributed by atoms with van der Waals surface area (Å²) in [6.07, 6.45) is 0. The summed E-state index contributed by atoms with van der Waals surface area (Å²) in [4.78, 5) is 33.0. The van der Waals surface area contributed by atoms with E-state index in [0.29, 0.717) is 33.4 Å². The van der Waals surface area contributed by atoms with E-state index in [-0.39, 0.29) is 18.3 Å². The first-order valence-electron chi connectivity index (χ1n) is 10.8. The van der Waals surface area contributed by atoms with E-state index in [9.17, 15) is 9.59 Å². The van der Waals surface area contributed by atoms with Crippen LogP contribution in [0.15, 0.2) is 58.5 Å². The van der Waals surface area contributed by atoms with Crippen LogP contribution in [0.2, 0.25) is 0 Å². The summed E-state index contributed by atoms with van der Waals surface area (Å²) in [5.41, 5.74) is 2.47. The molecule has 7 nitrogen and oxygen atoms in total. The maximum Gasteiger partial charge on any atom is 0.267 e. The van der Waals surface area contributed by atoms with Crippen molar-refractivity contribution in [3.63, 3.8) is 0 Å². The van der Waals surface area contributed by atoms with Gasteiger partial charge in [-0.3, -0.25) is 14.2 Å². The average molecular weight is 494 g/mol. The van der Waals surface area contributed by atoms with Crippen LogP contribution >= 0.6 is 23.1 Å². The standard InChI is InChI=1S/C25H23N3O4S2/c1-14-15(2)33-23-21(14)24(30)28(18-7-5-4-6-8-18)25(27-23)34-16(3)22(29)26-12-17-9-10-19-20(11-17)32-13-31-19/h4-11,16H,12-13H2,1-3H3,(H,26,29)/t16-/m0/s1. The third-order valence-corrected chi connectivity index (χ3v) is 7.90. The number of nitrogens with one attached hydrogen (secondary N) is 1. The summed E-state index contributed by atoms with van der Waals surface area (Å²) >= 11 is 2.78. The van der Waals surface area contributed by atoms with Crippen LogP contribution in [0.1, 0.15) is 22.9 Å². The van der Waals surface area contributed by atoms with E-state index in [0.717, 1.165) is 21.7 Å². The number of carbonyl (C=O) groups is 1. The van der Waals surface area contributed by atoms with Crippen LogP contribution in [0.5, 0.6) is 11.5 Å². The second-order valence-electron chi connectivity index (χ2n) is 8.00. The molecule has 0 spiro atoms. The van der Waals surface area contributed by atoms with Crippen molar-refractivity contribution in [2.24, 2.45) is 0 Å². The number of thioether (sulfide) groups is 1. The SMILES string of the molecule is Cc1sc2nc(S[C@@H](C)C(=O)NCc3ccc4c(c3)OCO4)n(-c3ccccc3)c(=O)c2c1C. The Labute approximate surface area is 204 Å². The number of para-hydroxylation sites is 1. The van der Waals surface area contributed by atoms with Crippen LogP contribution in [0.4, 0.5) is 0 Å². The molecule has 5 rings (SSSR count). The molecule has 4 aromatic rings. The Morgan fingerprint density at radius 3 is 2.74 bits per heavy atom. The Bertz CT molecular complexity index is 1450. The van der Waals surface area contributed by atoms with Crippen LogP contribution in [0, 0.1) is 13.8 Å². The molecule has 2 aromatic carbocycles. The maximum atomic E-state index is 13.5. The number of nitrogens with zero attached hydrogens (tertiary/aromatic N) is 2. The lowest BCUT2D eigenvalue weighted by Crippen LogP contribution is -2.31. The second-order valence-corrected chi connectivity index (χ2v) is 10.5. The molecule has 1 atom stereocenters. The third-order valence-electron chi connectivity index (χ3n) is 5.74. The molecule has 2 aromatic heterocycles. The highest BCUT2D eigenvalue weighted by Crippen LogP contribution is 2.33. The number of ether oxygens (including phenoxy) is 2. The molecule has 0 aliphatic carbocycles. The fraction of sp³-hybridized carbons (Fsp3) is 0.240. The smallest absolute Gasteiger partial charge is 0.267 e. The van der Waals surface area contributed by atoms with Gasteiger partial charge in [-0.2, -0.15) is 0 Å². The lowest BCUT2D eigenvalue weighted by molar-refractivity contribution is -0.120. The number of aryl methyl sites for hydroxylation is 2. The quantitative estimate of drug-likeness (QED) is 0.313. The number of amides is 1. The lowest BCUT2D eigenvalue weighted by Gasteiger charge is -2.16. The van der Waals surface area contributed by atoms with Crippen LogP contribution in [-0.2, 0) is 11.3 Å². The van der Waals surface area contributed by atoms with Gasteiger partial charge >= 0.3 is 0 Å². The number of hydrogen-bond donors (Lipinski definition) is 1. The number of fused-ring (bicyclic) bond motifs is 2. The Morgan fingerprint density at radius 1 is 1.18 bits per heavy atom. The lowest BCUT2D eigenvalue weighted by atomic mass is 10.2. The molecule has 3 heterocycles. The molecule has 1 N–H and O–H groups in total. The van der Waals surface area contributed by atoms with Gasteiger partial charge in [0.2, 0.25) is 12.7 Å². The normalized spacial score (nSPS) is 13.3. The minimum Gasteiger partial charge on any atom is -0.454 e. The molecule has 0 saturated heterocycles. The average Bonchev–Trinajstić information content (AvgIpc) is 3.41. The largest absolute Gasteiger partial charge is 0.454 e. The fourth-order valence-corrected chi connectivity index (χ4v) is 5.78. The van der Waals surface area contributed by atoms with E-state index < -0.39 is 5.25 Å². The van der Waals surface area contributed by atoms with Crippen molar-refractivity contribution in [1.82, 2.24) is 14.9 Å². The molecule has 1 aliphatic heterocycles. The molecule has 0 saturated carbocycles. The summed E-state index contributed by atoms with van der Waals surface area (Å²) in [6, 6.07) is 15.0. The van der Waals surface area contributed by atoms with Gasteiger partial charge in [0.25, 0.3) is 5.56 Å². The molecule has 174 valence electrons. The van der Waals surface area contributed by atoms with Gasteiger partial charge in [0.05, 0.1) is 16.3 Å². The van der Waals surface area contributed by atoms with E-state index in [2.05, 4.69) is 5.32 Å². The first-order chi connectivity index (χ1) is 16.4. The summed E-state index contributed by atoms with van der Waals surface area (Å²) < 4.78 is 12.3. The summed E-state index contributed by atoms with van der Waals surface area (Å²) in [5, 5.41) is 3.63. The molecule has 0 unspecified atom stereocenters. The second kappa shape index (κ2) is 9.15. The van der Waals surface area contributed by atoms with Gasteiger partial charge < -0.3 is 14.8 Å². The highest BCUT2D eigenvalue weighted by molar-refractivity contribution is 8.00. The highest BCUT2D eigenvalue weighted by Gasteiger charge is 2.22. The van der Waals surface area contributed by atoms with E-state index in [1.165, 1.54) is 23.1 Å².